The second-order valence-electron chi connectivity index (χ2n) is 4.18. The number of carboxylic acids is 1. The molecule has 0 saturated heterocycles. The van der Waals surface area contributed by atoms with E-state index in [0.717, 1.165) is 17.3 Å². The van der Waals surface area contributed by atoms with Crippen LogP contribution in [0, 0.1) is 0 Å². The third kappa shape index (κ3) is 3.54. The highest BCUT2D eigenvalue weighted by Gasteiger charge is 2.24. The van der Waals surface area contributed by atoms with Crippen molar-refractivity contribution in [1.29, 1.82) is 0 Å². The summed E-state index contributed by atoms with van der Waals surface area (Å²) in [5.74, 6) is -2.57. The number of aromatic nitrogens is 1. The molecule has 0 aliphatic rings. The molecule has 0 fully saturated rings. The van der Waals surface area contributed by atoms with E-state index in [1.807, 2.05) is 0 Å². The van der Waals surface area contributed by atoms with E-state index in [0.29, 0.717) is 5.56 Å². The number of hydrogen-bond donors (Lipinski definition) is 2. The molecule has 8 heteroatoms. The minimum absolute atomic E-state index is 0.308. The zero-order valence-corrected chi connectivity index (χ0v) is 11.8. The van der Waals surface area contributed by atoms with Gasteiger partial charge in [-0.25, -0.2) is 9.78 Å². The van der Waals surface area contributed by atoms with Gasteiger partial charge in [-0.05, 0) is 18.2 Å². The van der Waals surface area contributed by atoms with E-state index < -0.39 is 30.3 Å². The van der Waals surface area contributed by atoms with Crippen molar-refractivity contribution in [3.8, 4) is 0 Å². The fourth-order valence-electron chi connectivity index (χ4n) is 1.69. The van der Waals surface area contributed by atoms with Crippen LogP contribution in [-0.4, -0.2) is 41.1 Å². The van der Waals surface area contributed by atoms with Gasteiger partial charge in [-0.3, -0.25) is 9.59 Å². The molecule has 110 valence electrons. The van der Waals surface area contributed by atoms with E-state index in [-0.39, 0.29) is 0 Å². The van der Waals surface area contributed by atoms with Gasteiger partial charge in [0.15, 0.2) is 0 Å². The van der Waals surface area contributed by atoms with Crippen LogP contribution in [0.4, 0.5) is 0 Å². The van der Waals surface area contributed by atoms with E-state index in [1.54, 1.807) is 23.7 Å². The maximum absolute atomic E-state index is 12.1. The maximum atomic E-state index is 12.1. The van der Waals surface area contributed by atoms with Gasteiger partial charge in [0.05, 0.1) is 29.3 Å². The first kappa shape index (κ1) is 14.9. The van der Waals surface area contributed by atoms with Gasteiger partial charge in [0.25, 0.3) is 5.91 Å². The zero-order valence-electron chi connectivity index (χ0n) is 11.0. The lowest BCUT2D eigenvalue weighted by Gasteiger charge is -2.13. The van der Waals surface area contributed by atoms with E-state index in [2.05, 4.69) is 15.0 Å². The quantitative estimate of drug-likeness (QED) is 0.800. The molecule has 1 aromatic heterocycles. The van der Waals surface area contributed by atoms with E-state index in [4.69, 9.17) is 5.11 Å². The number of thiazole rings is 1. The molecular formula is C13H12N2O5S. The lowest BCUT2D eigenvalue weighted by Crippen LogP contribution is -2.42. The van der Waals surface area contributed by atoms with E-state index >= 15 is 0 Å². The number of aliphatic carboxylic acids is 1. The van der Waals surface area contributed by atoms with Crippen LogP contribution in [0.3, 0.4) is 0 Å². The summed E-state index contributed by atoms with van der Waals surface area (Å²) in [6, 6.07) is 3.52. The normalized spacial score (nSPS) is 11.9. The Morgan fingerprint density at radius 2 is 2.19 bits per heavy atom. The highest BCUT2D eigenvalue weighted by atomic mass is 32.1. The van der Waals surface area contributed by atoms with Crippen LogP contribution in [0.5, 0.6) is 0 Å². The van der Waals surface area contributed by atoms with Gasteiger partial charge in [-0.2, -0.15) is 0 Å². The molecule has 0 bridgehead atoms. The molecule has 2 aromatic rings. The summed E-state index contributed by atoms with van der Waals surface area (Å²) >= 11 is 1.38. The Hall–Kier alpha value is -2.48. The Bertz CT molecular complexity index is 697. The van der Waals surface area contributed by atoms with E-state index in [9.17, 15) is 14.4 Å². The zero-order chi connectivity index (χ0) is 15.4. The van der Waals surface area contributed by atoms with Crippen LogP contribution in [0.2, 0.25) is 0 Å². The highest BCUT2D eigenvalue weighted by Crippen LogP contribution is 2.19. The molecule has 0 aliphatic heterocycles. The van der Waals surface area contributed by atoms with Crippen LogP contribution < -0.4 is 5.32 Å². The number of fused-ring (bicyclic) bond motifs is 1. The summed E-state index contributed by atoms with van der Waals surface area (Å²) in [7, 11) is 1.15. The molecule has 21 heavy (non-hydrogen) atoms. The number of amides is 1. The lowest BCUT2D eigenvalue weighted by atomic mass is 10.1. The standard InChI is InChI=1S/C13H12N2O5S/c1-20-11(16)5-9(13(18)19)15-12(17)7-2-3-8-10(4-7)21-6-14-8/h2-4,6,9H,5H2,1H3,(H,15,17)(H,18,19)/t9-/m0/s1. The molecule has 1 amide bonds. The second kappa shape index (κ2) is 6.31. The van der Waals surface area contributed by atoms with Crippen LogP contribution >= 0.6 is 11.3 Å². The van der Waals surface area contributed by atoms with Crippen LogP contribution in [0.15, 0.2) is 23.7 Å². The Morgan fingerprint density at radius 1 is 1.43 bits per heavy atom. The molecule has 2 rings (SSSR count). The molecule has 0 unspecified atom stereocenters. The fourth-order valence-corrected chi connectivity index (χ4v) is 2.40. The Labute approximate surface area is 123 Å². The SMILES string of the molecule is COC(=O)C[C@H](NC(=O)c1ccc2ncsc2c1)C(=O)O. The number of benzene rings is 1. The van der Waals surface area contributed by atoms with Gasteiger partial charge >= 0.3 is 11.9 Å². The third-order valence-electron chi connectivity index (χ3n) is 2.80. The van der Waals surface area contributed by atoms with Crippen molar-refractivity contribution in [2.45, 2.75) is 12.5 Å². The molecule has 1 heterocycles. The Balaban J connectivity index is 2.14. The molecule has 0 radical (unpaired) electrons. The first-order valence-electron chi connectivity index (χ1n) is 5.95. The fraction of sp³-hybridized carbons (Fsp3) is 0.231. The minimum Gasteiger partial charge on any atom is -0.480 e. The lowest BCUT2D eigenvalue weighted by molar-refractivity contribution is -0.147. The van der Waals surface area contributed by atoms with E-state index in [1.165, 1.54) is 11.3 Å². The summed E-state index contributed by atoms with van der Waals surface area (Å²) < 4.78 is 5.23. The monoisotopic (exact) mass is 308 g/mol. The van der Waals surface area contributed by atoms with Crippen molar-refractivity contribution in [2.24, 2.45) is 0 Å². The van der Waals surface area contributed by atoms with Crippen molar-refractivity contribution < 1.29 is 24.2 Å². The van der Waals surface area contributed by atoms with Crippen molar-refractivity contribution in [3.63, 3.8) is 0 Å². The molecular weight excluding hydrogens is 296 g/mol. The molecule has 0 saturated carbocycles. The molecule has 0 aliphatic carbocycles. The van der Waals surface area contributed by atoms with Gasteiger partial charge in [0.2, 0.25) is 0 Å². The summed E-state index contributed by atoms with van der Waals surface area (Å²) in [4.78, 5) is 38.3. The summed E-state index contributed by atoms with van der Waals surface area (Å²) in [5.41, 5.74) is 2.73. The van der Waals surface area contributed by atoms with Crippen molar-refractivity contribution >= 4 is 39.4 Å². The van der Waals surface area contributed by atoms with Crippen molar-refractivity contribution in [2.75, 3.05) is 7.11 Å². The summed E-state index contributed by atoms with van der Waals surface area (Å²) in [6.45, 7) is 0. The molecule has 7 nitrogen and oxygen atoms in total. The number of esters is 1. The van der Waals surface area contributed by atoms with Crippen molar-refractivity contribution in [3.05, 3.63) is 29.3 Å². The summed E-state index contributed by atoms with van der Waals surface area (Å²) in [5, 5.41) is 11.3. The first-order valence-corrected chi connectivity index (χ1v) is 6.83. The number of rotatable bonds is 5. The average Bonchev–Trinajstić information content (AvgIpc) is 2.93. The largest absolute Gasteiger partial charge is 0.480 e. The van der Waals surface area contributed by atoms with Gasteiger partial charge in [-0.15, -0.1) is 11.3 Å². The van der Waals surface area contributed by atoms with Crippen LogP contribution in [-0.2, 0) is 14.3 Å². The second-order valence-corrected chi connectivity index (χ2v) is 5.07. The maximum Gasteiger partial charge on any atom is 0.326 e. The number of ether oxygens (including phenoxy) is 1. The van der Waals surface area contributed by atoms with Gasteiger partial charge in [0, 0.05) is 5.56 Å². The van der Waals surface area contributed by atoms with Crippen LogP contribution in [0.1, 0.15) is 16.8 Å². The highest BCUT2D eigenvalue weighted by molar-refractivity contribution is 7.16. The molecule has 0 spiro atoms. The molecule has 1 atom stereocenters. The Kier molecular flexibility index (Phi) is 4.49. The minimum atomic E-state index is -1.33. The summed E-state index contributed by atoms with van der Waals surface area (Å²) in [6.07, 6.45) is -0.430. The topological polar surface area (TPSA) is 106 Å². The van der Waals surface area contributed by atoms with Crippen molar-refractivity contribution in [1.82, 2.24) is 10.3 Å². The average molecular weight is 308 g/mol. The number of hydrogen-bond acceptors (Lipinski definition) is 6. The first-order chi connectivity index (χ1) is 10.0. The number of carbonyl (C=O) groups is 3. The van der Waals surface area contributed by atoms with Gasteiger partial charge in [-0.1, -0.05) is 0 Å². The van der Waals surface area contributed by atoms with Gasteiger partial charge in [0.1, 0.15) is 6.04 Å². The predicted octanol–water partition coefficient (Wildman–Crippen LogP) is 1.04. The Morgan fingerprint density at radius 3 is 2.86 bits per heavy atom. The number of nitrogens with zero attached hydrogens (tertiary/aromatic N) is 1. The number of methoxy groups -OCH3 is 1. The van der Waals surface area contributed by atoms with Crippen LogP contribution in [0.25, 0.3) is 10.2 Å². The van der Waals surface area contributed by atoms with Gasteiger partial charge < -0.3 is 15.2 Å². The number of carboxylic acid groups (broad SMARTS) is 1. The third-order valence-corrected chi connectivity index (χ3v) is 3.59. The smallest absolute Gasteiger partial charge is 0.326 e. The molecule has 1 aromatic carbocycles. The predicted molar refractivity (Wildman–Crippen MR) is 75.1 cm³/mol. The number of carbonyl (C=O) groups excluding carboxylic acids is 2. The number of nitrogens with one attached hydrogen (secondary N) is 1. The molecule has 2 N–H and O–H groups in total.